The second-order valence-electron chi connectivity index (χ2n) is 2.45. The topological polar surface area (TPSA) is 58.9 Å². The predicted octanol–water partition coefficient (Wildman–Crippen LogP) is 2.34. The van der Waals surface area contributed by atoms with Crippen molar-refractivity contribution in [3.05, 3.63) is 20.8 Å². The minimum absolute atomic E-state index is 0.413. The van der Waals surface area contributed by atoms with Crippen LogP contribution in [0.1, 0.15) is 11.8 Å². The van der Waals surface area contributed by atoms with Crippen molar-refractivity contribution in [3.8, 4) is 0 Å². The second kappa shape index (κ2) is 5.11. The van der Waals surface area contributed by atoms with Crippen LogP contribution in [-0.4, -0.2) is 23.4 Å². The third kappa shape index (κ3) is 3.47. The van der Waals surface area contributed by atoms with Gasteiger partial charge in [-0.2, -0.15) is 0 Å². The summed E-state index contributed by atoms with van der Waals surface area (Å²) in [6.45, 7) is 1.35. The van der Waals surface area contributed by atoms with Crippen LogP contribution in [0.4, 0.5) is 0 Å². The zero-order valence-corrected chi connectivity index (χ0v) is 9.76. The highest BCUT2D eigenvalue weighted by atomic mass is 79.9. The van der Waals surface area contributed by atoms with Gasteiger partial charge in [0.15, 0.2) is 0 Å². The molecule has 1 heterocycles. The van der Waals surface area contributed by atoms with E-state index in [1.165, 1.54) is 11.3 Å². The van der Waals surface area contributed by atoms with Crippen LogP contribution in [0.15, 0.2) is 21.1 Å². The maximum Gasteiger partial charge on any atom is 0.344 e. The second-order valence-corrected chi connectivity index (χ2v) is 4.91. The first-order valence-corrected chi connectivity index (χ1v) is 5.34. The molecule has 14 heavy (non-hydrogen) atoms. The van der Waals surface area contributed by atoms with Gasteiger partial charge in [-0.05, 0) is 35.0 Å². The van der Waals surface area contributed by atoms with Crippen LogP contribution < -0.4 is 0 Å². The SMILES string of the molecule is C/C(=N\OCC(=O)O)c1ccc(Br)s1. The van der Waals surface area contributed by atoms with Gasteiger partial charge in [0.05, 0.1) is 14.4 Å². The molecule has 76 valence electrons. The van der Waals surface area contributed by atoms with Crippen molar-refractivity contribution >= 4 is 38.9 Å². The van der Waals surface area contributed by atoms with Gasteiger partial charge in [0.1, 0.15) is 0 Å². The average Bonchev–Trinajstić information content (AvgIpc) is 2.51. The van der Waals surface area contributed by atoms with E-state index in [-0.39, 0.29) is 0 Å². The average molecular weight is 278 g/mol. The highest BCUT2D eigenvalue weighted by Gasteiger charge is 2.02. The Bertz CT molecular complexity index is 361. The summed E-state index contributed by atoms with van der Waals surface area (Å²) in [4.78, 5) is 15.7. The van der Waals surface area contributed by atoms with E-state index in [9.17, 15) is 4.79 Å². The standard InChI is InChI=1S/C8H8BrNO3S/c1-5(10-13-4-8(11)12)6-2-3-7(9)14-6/h2-3H,4H2,1H3,(H,11,12)/b10-5+. The molecule has 1 N–H and O–H groups in total. The lowest BCUT2D eigenvalue weighted by Gasteiger charge is -1.96. The van der Waals surface area contributed by atoms with Crippen molar-refractivity contribution in [1.29, 1.82) is 0 Å². The summed E-state index contributed by atoms with van der Waals surface area (Å²) in [7, 11) is 0. The fourth-order valence-corrected chi connectivity index (χ4v) is 2.06. The van der Waals surface area contributed by atoms with Crippen molar-refractivity contribution in [1.82, 2.24) is 0 Å². The van der Waals surface area contributed by atoms with E-state index >= 15 is 0 Å². The molecule has 0 amide bonds. The summed E-state index contributed by atoms with van der Waals surface area (Å²) in [6.07, 6.45) is 0. The summed E-state index contributed by atoms with van der Waals surface area (Å²) in [5, 5.41) is 12.0. The van der Waals surface area contributed by atoms with E-state index in [0.29, 0.717) is 5.71 Å². The zero-order valence-electron chi connectivity index (χ0n) is 7.36. The van der Waals surface area contributed by atoms with E-state index < -0.39 is 12.6 Å². The van der Waals surface area contributed by atoms with Gasteiger partial charge in [0.2, 0.25) is 6.61 Å². The lowest BCUT2D eigenvalue weighted by atomic mass is 10.3. The molecule has 0 aliphatic rings. The molecular weight excluding hydrogens is 270 g/mol. The van der Waals surface area contributed by atoms with Gasteiger partial charge in [-0.15, -0.1) is 11.3 Å². The van der Waals surface area contributed by atoms with Gasteiger partial charge in [0, 0.05) is 0 Å². The molecule has 1 aromatic rings. The van der Waals surface area contributed by atoms with E-state index in [1.54, 1.807) is 6.92 Å². The lowest BCUT2D eigenvalue weighted by Crippen LogP contribution is -2.04. The molecule has 0 unspecified atom stereocenters. The van der Waals surface area contributed by atoms with E-state index in [0.717, 1.165) is 8.66 Å². The number of hydrogen-bond acceptors (Lipinski definition) is 4. The smallest absolute Gasteiger partial charge is 0.344 e. The normalized spacial score (nSPS) is 11.4. The summed E-state index contributed by atoms with van der Waals surface area (Å²) < 4.78 is 1.00. The fourth-order valence-electron chi connectivity index (χ4n) is 0.738. The number of aliphatic carboxylic acids is 1. The van der Waals surface area contributed by atoms with Crippen LogP contribution in [-0.2, 0) is 9.63 Å². The Morgan fingerprint density at radius 2 is 2.43 bits per heavy atom. The molecule has 0 aromatic carbocycles. The molecule has 0 aliphatic carbocycles. The van der Waals surface area contributed by atoms with Crippen molar-refractivity contribution in [3.63, 3.8) is 0 Å². The Labute approximate surface area is 93.3 Å². The number of thiophene rings is 1. The molecule has 1 aromatic heterocycles. The number of carboxylic acids is 1. The molecule has 0 atom stereocenters. The number of carbonyl (C=O) groups is 1. The first kappa shape index (κ1) is 11.2. The van der Waals surface area contributed by atoms with Crippen molar-refractivity contribution in [2.75, 3.05) is 6.61 Å². The Hall–Kier alpha value is -0.880. The highest BCUT2D eigenvalue weighted by Crippen LogP contribution is 2.22. The van der Waals surface area contributed by atoms with Crippen LogP contribution in [0, 0.1) is 0 Å². The van der Waals surface area contributed by atoms with Crippen molar-refractivity contribution in [2.45, 2.75) is 6.92 Å². The number of hydrogen-bond donors (Lipinski definition) is 1. The zero-order chi connectivity index (χ0) is 10.6. The van der Waals surface area contributed by atoms with Gasteiger partial charge in [-0.3, -0.25) is 0 Å². The van der Waals surface area contributed by atoms with E-state index in [4.69, 9.17) is 5.11 Å². The third-order valence-electron chi connectivity index (χ3n) is 1.32. The molecule has 4 nitrogen and oxygen atoms in total. The first-order valence-electron chi connectivity index (χ1n) is 3.73. The minimum Gasteiger partial charge on any atom is -0.479 e. The molecule has 0 saturated carbocycles. The van der Waals surface area contributed by atoms with Crippen LogP contribution >= 0.6 is 27.3 Å². The van der Waals surface area contributed by atoms with E-state index in [2.05, 4.69) is 25.9 Å². The van der Waals surface area contributed by atoms with E-state index in [1.807, 2.05) is 12.1 Å². The van der Waals surface area contributed by atoms with Gasteiger partial charge in [-0.25, -0.2) is 4.79 Å². The van der Waals surface area contributed by atoms with Crippen LogP contribution in [0.2, 0.25) is 0 Å². The van der Waals surface area contributed by atoms with Crippen molar-refractivity contribution in [2.24, 2.45) is 5.16 Å². The van der Waals surface area contributed by atoms with Crippen LogP contribution in [0.3, 0.4) is 0 Å². The monoisotopic (exact) mass is 277 g/mol. The van der Waals surface area contributed by atoms with Gasteiger partial charge in [-0.1, -0.05) is 5.16 Å². The Morgan fingerprint density at radius 1 is 1.71 bits per heavy atom. The van der Waals surface area contributed by atoms with Crippen LogP contribution in [0.25, 0.3) is 0 Å². The van der Waals surface area contributed by atoms with Gasteiger partial charge in [0.25, 0.3) is 0 Å². The van der Waals surface area contributed by atoms with Crippen molar-refractivity contribution < 1.29 is 14.7 Å². The summed E-state index contributed by atoms with van der Waals surface area (Å²) in [5.74, 6) is -1.03. The fraction of sp³-hybridized carbons (Fsp3) is 0.250. The number of nitrogens with zero attached hydrogens (tertiary/aromatic N) is 1. The first-order chi connectivity index (χ1) is 6.59. The number of oxime groups is 1. The predicted molar refractivity (Wildman–Crippen MR) is 57.8 cm³/mol. The Morgan fingerprint density at radius 3 is 2.93 bits per heavy atom. The molecule has 0 saturated heterocycles. The van der Waals surface area contributed by atoms with Crippen LogP contribution in [0.5, 0.6) is 0 Å². The third-order valence-corrected chi connectivity index (χ3v) is 3.05. The van der Waals surface area contributed by atoms with Gasteiger partial charge >= 0.3 is 5.97 Å². The maximum absolute atomic E-state index is 10.1. The maximum atomic E-state index is 10.1. The summed E-state index contributed by atoms with van der Waals surface area (Å²) in [5.41, 5.74) is 0.668. The number of halogens is 1. The molecule has 1 rings (SSSR count). The summed E-state index contributed by atoms with van der Waals surface area (Å²) in [6, 6.07) is 3.79. The molecule has 0 aliphatic heterocycles. The molecule has 0 bridgehead atoms. The molecule has 0 spiro atoms. The number of rotatable bonds is 4. The Kier molecular flexibility index (Phi) is 4.09. The Balaban J connectivity index is 2.56. The highest BCUT2D eigenvalue weighted by molar-refractivity contribution is 9.11. The summed E-state index contributed by atoms with van der Waals surface area (Å²) >= 11 is 4.83. The quantitative estimate of drug-likeness (QED) is 0.679. The minimum atomic E-state index is -1.03. The molecule has 0 radical (unpaired) electrons. The molecule has 0 fully saturated rings. The molecular formula is C8H8BrNO3S. The largest absolute Gasteiger partial charge is 0.479 e. The molecule has 6 heteroatoms. The lowest BCUT2D eigenvalue weighted by molar-refractivity contribution is -0.142. The number of carboxylic acid groups (broad SMARTS) is 1. The van der Waals surface area contributed by atoms with Gasteiger partial charge < -0.3 is 9.94 Å².